The molecule has 3 aromatic rings. The van der Waals surface area contributed by atoms with E-state index in [9.17, 15) is 4.79 Å². The second kappa shape index (κ2) is 10.5. The van der Waals surface area contributed by atoms with Crippen molar-refractivity contribution in [1.29, 1.82) is 0 Å². The molecule has 3 atom stereocenters. The number of ether oxygens (including phenoxy) is 2. The molecule has 2 aliphatic rings. The van der Waals surface area contributed by atoms with Gasteiger partial charge in [-0.1, -0.05) is 5.10 Å². The number of carbonyl (C=O) groups is 1. The number of nitrogens with two attached hydrogens (primary N) is 1. The zero-order valence-corrected chi connectivity index (χ0v) is 20.4. The minimum absolute atomic E-state index is 0. The van der Waals surface area contributed by atoms with Gasteiger partial charge >= 0.3 is 0 Å². The molecular weight excluding hydrogens is 472 g/mol. The molecule has 1 aromatic carbocycles. The number of fused-ring (bicyclic) bond motifs is 3. The third-order valence-corrected chi connectivity index (χ3v) is 6.61. The first-order chi connectivity index (χ1) is 16.5. The summed E-state index contributed by atoms with van der Waals surface area (Å²) in [6.07, 6.45) is 3.58. The van der Waals surface area contributed by atoms with E-state index in [1.807, 2.05) is 24.4 Å². The molecule has 4 heterocycles. The number of aryl methyl sites for hydroxylation is 1. The summed E-state index contributed by atoms with van der Waals surface area (Å²) in [5.41, 5.74) is 11.3. The molecule has 0 spiro atoms. The Kier molecular flexibility index (Phi) is 7.48. The smallest absolute Gasteiger partial charge is 0.269 e. The number of carbonyl (C=O) groups excluding carboxylic acids is 1. The molecule has 5 rings (SSSR count). The van der Waals surface area contributed by atoms with Crippen molar-refractivity contribution in [2.45, 2.75) is 37.8 Å². The normalized spacial score (nSPS) is 21.3. The Hall–Kier alpha value is -3.28. The van der Waals surface area contributed by atoms with Crippen LogP contribution in [0.15, 0.2) is 30.5 Å². The molecule has 4 N–H and O–H groups in total. The number of nitrogens with one attached hydrogen (secondary N) is 2. The SMILES string of the molecule is COc1cc2c(cc1OCC(=O)Nc1nn[nH]n1)CCN1C[C@@H](c3cc(C)ccn3)[C@H](N)C[C@H]21.Cl. The number of aromatic amines is 1. The van der Waals surface area contributed by atoms with E-state index < -0.39 is 0 Å². The molecule has 12 heteroatoms. The van der Waals surface area contributed by atoms with Gasteiger partial charge in [0.2, 0.25) is 0 Å². The van der Waals surface area contributed by atoms with E-state index >= 15 is 0 Å². The van der Waals surface area contributed by atoms with Crippen LogP contribution in [-0.4, -0.2) is 69.3 Å². The number of tetrazole rings is 1. The lowest BCUT2D eigenvalue weighted by Crippen LogP contribution is -2.50. The number of hydrogen-bond donors (Lipinski definition) is 3. The number of methoxy groups -OCH3 is 1. The number of nitrogens with zero attached hydrogens (tertiary/aromatic N) is 5. The molecular formula is C23H29ClN8O3. The van der Waals surface area contributed by atoms with Gasteiger partial charge in [0.25, 0.3) is 11.9 Å². The van der Waals surface area contributed by atoms with Gasteiger partial charge < -0.3 is 15.2 Å². The van der Waals surface area contributed by atoms with Crippen LogP contribution in [0.25, 0.3) is 0 Å². The number of piperidine rings is 1. The van der Waals surface area contributed by atoms with E-state index in [0.717, 1.165) is 31.6 Å². The number of aromatic nitrogens is 5. The number of pyridine rings is 1. The largest absolute Gasteiger partial charge is 0.493 e. The lowest BCUT2D eigenvalue weighted by Gasteiger charge is -2.46. The molecule has 35 heavy (non-hydrogen) atoms. The number of benzene rings is 1. The maximum absolute atomic E-state index is 12.1. The number of hydrogen-bond acceptors (Lipinski definition) is 9. The number of halogens is 1. The van der Waals surface area contributed by atoms with Gasteiger partial charge in [-0.15, -0.1) is 17.5 Å². The summed E-state index contributed by atoms with van der Waals surface area (Å²) in [7, 11) is 1.60. The fourth-order valence-electron chi connectivity index (χ4n) is 4.93. The molecule has 1 fully saturated rings. The van der Waals surface area contributed by atoms with Crippen LogP contribution in [0.2, 0.25) is 0 Å². The fourth-order valence-corrected chi connectivity index (χ4v) is 4.93. The van der Waals surface area contributed by atoms with E-state index in [0.29, 0.717) is 11.5 Å². The van der Waals surface area contributed by atoms with Crippen LogP contribution in [-0.2, 0) is 11.2 Å². The molecule has 0 radical (unpaired) electrons. The Balaban J connectivity index is 0.00000289. The summed E-state index contributed by atoms with van der Waals surface area (Å²) >= 11 is 0. The maximum atomic E-state index is 12.1. The van der Waals surface area contributed by atoms with Crippen LogP contribution in [0.5, 0.6) is 11.5 Å². The third-order valence-electron chi connectivity index (χ3n) is 6.61. The van der Waals surface area contributed by atoms with Gasteiger partial charge in [-0.05, 0) is 65.9 Å². The summed E-state index contributed by atoms with van der Waals surface area (Å²) in [6.45, 7) is 3.69. The topological polar surface area (TPSA) is 144 Å². The monoisotopic (exact) mass is 500 g/mol. The average molecular weight is 501 g/mol. The van der Waals surface area contributed by atoms with Crippen molar-refractivity contribution in [3.05, 3.63) is 52.8 Å². The Labute approximate surface area is 209 Å². The van der Waals surface area contributed by atoms with Gasteiger partial charge in [0.1, 0.15) is 0 Å². The van der Waals surface area contributed by atoms with Crippen molar-refractivity contribution >= 4 is 24.3 Å². The van der Waals surface area contributed by atoms with Crippen LogP contribution in [0, 0.1) is 6.92 Å². The van der Waals surface area contributed by atoms with Crippen molar-refractivity contribution in [2.75, 3.05) is 32.1 Å². The molecule has 0 unspecified atom stereocenters. The highest BCUT2D eigenvalue weighted by atomic mass is 35.5. The summed E-state index contributed by atoms with van der Waals surface area (Å²) < 4.78 is 11.4. The number of H-pyrrole nitrogens is 1. The standard InChI is InChI=1S/C23H28N8O3.ClH/c1-13-3-5-25-18(7-13)16-11-31-6-4-14-8-21(34-12-22(32)26-23-27-29-30-28-23)20(33-2)9-15(14)19(31)10-17(16)24;/h3,5,7-9,16-17,19H,4,6,10-12,24H2,1-2H3,(H2,26,27,28,29,30,32);1H/t16-,17-,19-;/m1./s1. The molecule has 0 bridgehead atoms. The molecule has 0 aliphatic carbocycles. The van der Waals surface area contributed by atoms with E-state index in [1.54, 1.807) is 7.11 Å². The Morgan fingerprint density at radius 3 is 2.91 bits per heavy atom. The van der Waals surface area contributed by atoms with Crippen molar-refractivity contribution in [2.24, 2.45) is 5.73 Å². The van der Waals surface area contributed by atoms with Crippen LogP contribution < -0.4 is 20.5 Å². The van der Waals surface area contributed by atoms with Crippen molar-refractivity contribution in [3.8, 4) is 11.5 Å². The van der Waals surface area contributed by atoms with Gasteiger partial charge in [0, 0.05) is 43.0 Å². The molecule has 186 valence electrons. The molecule has 2 aromatic heterocycles. The summed E-state index contributed by atoms with van der Waals surface area (Å²) in [6, 6.07) is 8.38. The summed E-state index contributed by atoms with van der Waals surface area (Å²) in [4.78, 5) is 19.2. The maximum Gasteiger partial charge on any atom is 0.269 e. The van der Waals surface area contributed by atoms with E-state index in [-0.39, 0.29) is 48.9 Å². The predicted molar refractivity (Wildman–Crippen MR) is 131 cm³/mol. The molecule has 1 amide bonds. The number of rotatable bonds is 6. The second-order valence-corrected chi connectivity index (χ2v) is 8.80. The van der Waals surface area contributed by atoms with E-state index in [4.69, 9.17) is 15.2 Å². The molecule has 1 saturated heterocycles. The second-order valence-electron chi connectivity index (χ2n) is 8.80. The average Bonchev–Trinajstić information content (AvgIpc) is 3.34. The first-order valence-electron chi connectivity index (χ1n) is 11.3. The highest BCUT2D eigenvalue weighted by molar-refractivity contribution is 5.90. The van der Waals surface area contributed by atoms with Crippen LogP contribution in [0.4, 0.5) is 5.95 Å². The lowest BCUT2D eigenvalue weighted by atomic mass is 9.79. The Morgan fingerprint density at radius 2 is 2.17 bits per heavy atom. The van der Waals surface area contributed by atoms with Crippen molar-refractivity contribution in [1.82, 2.24) is 30.5 Å². The summed E-state index contributed by atoms with van der Waals surface area (Å²) in [5.74, 6) is 1.03. The van der Waals surface area contributed by atoms with Gasteiger partial charge in [-0.25, -0.2) is 0 Å². The fraction of sp³-hybridized carbons (Fsp3) is 0.435. The Morgan fingerprint density at radius 1 is 1.31 bits per heavy atom. The van der Waals surface area contributed by atoms with Crippen molar-refractivity contribution < 1.29 is 14.3 Å². The van der Waals surface area contributed by atoms with E-state index in [2.05, 4.69) is 48.8 Å². The van der Waals surface area contributed by atoms with Gasteiger partial charge in [0.05, 0.1) is 7.11 Å². The van der Waals surface area contributed by atoms with Gasteiger partial charge in [-0.2, -0.15) is 5.21 Å². The summed E-state index contributed by atoms with van der Waals surface area (Å²) in [5, 5.41) is 15.6. The molecule has 11 nitrogen and oxygen atoms in total. The quantitative estimate of drug-likeness (QED) is 0.461. The zero-order valence-electron chi connectivity index (χ0n) is 19.6. The highest BCUT2D eigenvalue weighted by Gasteiger charge is 2.39. The first kappa shape index (κ1) is 24.8. The minimum Gasteiger partial charge on any atom is -0.493 e. The predicted octanol–water partition coefficient (Wildman–Crippen LogP) is 1.77. The third kappa shape index (κ3) is 5.21. The molecule has 2 aliphatic heterocycles. The van der Waals surface area contributed by atoms with Gasteiger partial charge in [-0.3, -0.25) is 20.0 Å². The Bertz CT molecular complexity index is 1180. The van der Waals surface area contributed by atoms with Crippen LogP contribution in [0.3, 0.4) is 0 Å². The van der Waals surface area contributed by atoms with Gasteiger partial charge in [0.15, 0.2) is 18.1 Å². The molecule has 0 saturated carbocycles. The number of anilines is 1. The van der Waals surface area contributed by atoms with Crippen LogP contribution in [0.1, 0.15) is 40.8 Å². The van der Waals surface area contributed by atoms with E-state index in [1.165, 1.54) is 16.7 Å². The first-order valence-corrected chi connectivity index (χ1v) is 11.3. The lowest BCUT2D eigenvalue weighted by molar-refractivity contribution is -0.118. The highest BCUT2D eigenvalue weighted by Crippen LogP contribution is 2.44. The van der Waals surface area contributed by atoms with Crippen LogP contribution >= 0.6 is 12.4 Å². The number of amides is 1. The zero-order chi connectivity index (χ0) is 23.7. The van der Waals surface area contributed by atoms with Crippen molar-refractivity contribution in [3.63, 3.8) is 0 Å². The minimum atomic E-state index is -0.388.